The molecule has 1 N–H and O–H groups in total. The highest BCUT2D eigenvalue weighted by Crippen LogP contribution is 2.30. The Kier molecular flexibility index (Phi) is 2.86. The van der Waals surface area contributed by atoms with E-state index in [-0.39, 0.29) is 0 Å². The molecule has 2 rings (SSSR count). The third-order valence-electron chi connectivity index (χ3n) is 3.36. The molecule has 0 bridgehead atoms. The molecule has 86 valence electrons. The van der Waals surface area contributed by atoms with E-state index in [0.29, 0.717) is 17.6 Å². The van der Waals surface area contributed by atoms with Crippen LogP contribution in [0.1, 0.15) is 37.0 Å². The number of anilines is 1. The van der Waals surface area contributed by atoms with Crippen LogP contribution in [0.15, 0.2) is 24.3 Å². The normalized spacial score (nSPS) is 24.8. The van der Waals surface area contributed by atoms with Crippen molar-refractivity contribution >= 4 is 11.7 Å². The zero-order chi connectivity index (χ0) is 11.7. The van der Waals surface area contributed by atoms with Crippen molar-refractivity contribution in [1.82, 2.24) is 0 Å². The first kappa shape index (κ1) is 11.0. The molecule has 1 aliphatic rings. The summed E-state index contributed by atoms with van der Waals surface area (Å²) in [5, 5.41) is 8.83. The summed E-state index contributed by atoms with van der Waals surface area (Å²) in [6.45, 7) is 4.43. The summed E-state index contributed by atoms with van der Waals surface area (Å²) in [4.78, 5) is 13.1. The van der Waals surface area contributed by atoms with Crippen molar-refractivity contribution in [3.63, 3.8) is 0 Å². The molecule has 1 fully saturated rings. The Hall–Kier alpha value is -1.51. The maximum Gasteiger partial charge on any atom is 0.335 e. The topological polar surface area (TPSA) is 40.5 Å². The summed E-state index contributed by atoms with van der Waals surface area (Å²) in [6, 6.07) is 8.25. The van der Waals surface area contributed by atoms with E-state index in [9.17, 15) is 4.79 Å². The number of rotatable bonds is 2. The number of benzene rings is 1. The van der Waals surface area contributed by atoms with E-state index >= 15 is 0 Å². The van der Waals surface area contributed by atoms with Gasteiger partial charge in [-0.05, 0) is 51.0 Å². The molecule has 2 atom stereocenters. The Morgan fingerprint density at radius 3 is 2.12 bits per heavy atom. The molecule has 3 nitrogen and oxygen atoms in total. The van der Waals surface area contributed by atoms with Gasteiger partial charge in [0.2, 0.25) is 0 Å². The van der Waals surface area contributed by atoms with Gasteiger partial charge < -0.3 is 10.0 Å². The molecule has 0 spiro atoms. The van der Waals surface area contributed by atoms with Gasteiger partial charge in [-0.25, -0.2) is 4.79 Å². The molecule has 1 aromatic carbocycles. The maximum atomic E-state index is 10.7. The smallest absolute Gasteiger partial charge is 0.335 e. The first-order valence-corrected chi connectivity index (χ1v) is 5.71. The summed E-state index contributed by atoms with van der Waals surface area (Å²) >= 11 is 0. The van der Waals surface area contributed by atoms with Crippen LogP contribution in [0.5, 0.6) is 0 Å². The first-order chi connectivity index (χ1) is 7.59. The monoisotopic (exact) mass is 219 g/mol. The third kappa shape index (κ3) is 1.90. The number of hydrogen-bond acceptors (Lipinski definition) is 2. The van der Waals surface area contributed by atoms with Crippen LogP contribution in [0.3, 0.4) is 0 Å². The van der Waals surface area contributed by atoms with E-state index in [1.807, 2.05) is 12.1 Å². The van der Waals surface area contributed by atoms with Gasteiger partial charge in [-0.3, -0.25) is 0 Å². The van der Waals surface area contributed by atoms with E-state index < -0.39 is 5.97 Å². The Bertz CT molecular complexity index is 375. The average Bonchev–Trinajstić information content (AvgIpc) is 2.59. The summed E-state index contributed by atoms with van der Waals surface area (Å²) in [7, 11) is 0. The highest BCUT2D eigenvalue weighted by molar-refractivity contribution is 5.88. The molecule has 1 aliphatic heterocycles. The minimum absolute atomic E-state index is 0.350. The van der Waals surface area contributed by atoms with E-state index in [1.54, 1.807) is 12.1 Å². The summed E-state index contributed by atoms with van der Waals surface area (Å²) in [6.07, 6.45) is 2.42. The molecule has 0 radical (unpaired) electrons. The molecule has 0 amide bonds. The fraction of sp³-hybridized carbons (Fsp3) is 0.462. The van der Waals surface area contributed by atoms with Crippen LogP contribution >= 0.6 is 0 Å². The van der Waals surface area contributed by atoms with Gasteiger partial charge in [0.15, 0.2) is 0 Å². The van der Waals surface area contributed by atoms with Crippen molar-refractivity contribution in [2.45, 2.75) is 38.8 Å². The molecule has 1 aromatic rings. The van der Waals surface area contributed by atoms with Crippen LogP contribution in [-0.2, 0) is 0 Å². The predicted octanol–water partition coefficient (Wildman–Crippen LogP) is 2.76. The van der Waals surface area contributed by atoms with E-state index in [0.717, 1.165) is 5.69 Å². The van der Waals surface area contributed by atoms with Crippen molar-refractivity contribution in [3.05, 3.63) is 29.8 Å². The quantitative estimate of drug-likeness (QED) is 0.831. The van der Waals surface area contributed by atoms with Crippen LogP contribution in [-0.4, -0.2) is 23.2 Å². The average molecular weight is 219 g/mol. The number of carbonyl (C=O) groups is 1. The van der Waals surface area contributed by atoms with Gasteiger partial charge in [0.05, 0.1) is 5.56 Å². The minimum Gasteiger partial charge on any atom is -0.478 e. The number of aromatic carboxylic acids is 1. The summed E-state index contributed by atoms with van der Waals surface area (Å²) in [5.74, 6) is -0.867. The van der Waals surface area contributed by atoms with Crippen molar-refractivity contribution < 1.29 is 9.90 Å². The van der Waals surface area contributed by atoms with E-state index in [4.69, 9.17) is 5.11 Å². The fourth-order valence-corrected chi connectivity index (χ4v) is 2.48. The van der Waals surface area contributed by atoms with Crippen LogP contribution in [0.4, 0.5) is 5.69 Å². The number of nitrogens with zero attached hydrogens (tertiary/aromatic N) is 1. The van der Waals surface area contributed by atoms with Gasteiger partial charge in [0.1, 0.15) is 0 Å². The lowest BCUT2D eigenvalue weighted by Gasteiger charge is -2.28. The first-order valence-electron chi connectivity index (χ1n) is 5.71. The molecule has 0 saturated carbocycles. The number of carboxylic acid groups (broad SMARTS) is 1. The van der Waals surface area contributed by atoms with Crippen molar-refractivity contribution in [1.29, 1.82) is 0 Å². The Morgan fingerprint density at radius 1 is 1.19 bits per heavy atom. The fourth-order valence-electron chi connectivity index (χ4n) is 2.48. The highest BCUT2D eigenvalue weighted by atomic mass is 16.4. The largest absolute Gasteiger partial charge is 0.478 e. The van der Waals surface area contributed by atoms with E-state index in [1.165, 1.54) is 12.8 Å². The van der Waals surface area contributed by atoms with Crippen LogP contribution < -0.4 is 4.90 Å². The Labute approximate surface area is 95.7 Å². The van der Waals surface area contributed by atoms with Gasteiger partial charge in [-0.15, -0.1) is 0 Å². The lowest BCUT2D eigenvalue weighted by atomic mass is 10.1. The molecular weight excluding hydrogens is 202 g/mol. The minimum atomic E-state index is -0.867. The Morgan fingerprint density at radius 2 is 1.69 bits per heavy atom. The maximum absolute atomic E-state index is 10.7. The third-order valence-corrected chi connectivity index (χ3v) is 3.36. The van der Waals surface area contributed by atoms with Crippen LogP contribution in [0.25, 0.3) is 0 Å². The van der Waals surface area contributed by atoms with Crippen molar-refractivity contribution in [2.75, 3.05) is 4.90 Å². The standard InChI is InChI=1S/C13H17NO2/c1-9-3-4-10(2)14(9)12-7-5-11(6-8-12)13(15)16/h5-10H,3-4H2,1-2H3,(H,15,16). The predicted molar refractivity (Wildman–Crippen MR) is 64.0 cm³/mol. The molecule has 1 heterocycles. The Balaban J connectivity index is 2.24. The number of carboxylic acids is 1. The zero-order valence-electron chi connectivity index (χ0n) is 9.68. The summed E-state index contributed by atoms with van der Waals surface area (Å²) in [5.41, 5.74) is 1.48. The SMILES string of the molecule is CC1CCC(C)N1c1ccc(C(=O)O)cc1. The molecule has 16 heavy (non-hydrogen) atoms. The lowest BCUT2D eigenvalue weighted by Crippen LogP contribution is -2.32. The molecule has 0 aromatic heterocycles. The van der Waals surface area contributed by atoms with E-state index in [2.05, 4.69) is 18.7 Å². The zero-order valence-corrected chi connectivity index (χ0v) is 9.68. The molecule has 0 aliphatic carbocycles. The molecule has 3 heteroatoms. The van der Waals surface area contributed by atoms with Gasteiger partial charge in [0, 0.05) is 17.8 Å². The molecular formula is C13H17NO2. The number of hydrogen-bond donors (Lipinski definition) is 1. The van der Waals surface area contributed by atoms with Gasteiger partial charge in [-0.1, -0.05) is 0 Å². The second-order valence-corrected chi connectivity index (χ2v) is 4.53. The second-order valence-electron chi connectivity index (χ2n) is 4.53. The van der Waals surface area contributed by atoms with Gasteiger partial charge in [-0.2, -0.15) is 0 Å². The second kappa shape index (κ2) is 4.16. The van der Waals surface area contributed by atoms with Crippen molar-refractivity contribution in [3.8, 4) is 0 Å². The molecule has 2 unspecified atom stereocenters. The van der Waals surface area contributed by atoms with Crippen molar-refractivity contribution in [2.24, 2.45) is 0 Å². The van der Waals surface area contributed by atoms with Crippen LogP contribution in [0, 0.1) is 0 Å². The molecule has 1 saturated heterocycles. The summed E-state index contributed by atoms with van der Waals surface area (Å²) < 4.78 is 0. The lowest BCUT2D eigenvalue weighted by molar-refractivity contribution is 0.0697. The van der Waals surface area contributed by atoms with Crippen LogP contribution in [0.2, 0.25) is 0 Å². The van der Waals surface area contributed by atoms with Gasteiger partial charge in [0.25, 0.3) is 0 Å². The van der Waals surface area contributed by atoms with Gasteiger partial charge >= 0.3 is 5.97 Å². The highest BCUT2D eigenvalue weighted by Gasteiger charge is 2.27.